The summed E-state index contributed by atoms with van der Waals surface area (Å²) in [5.41, 5.74) is 1.17. The highest BCUT2D eigenvalue weighted by atomic mass is 35.5. The molecule has 2 aliphatic rings. The molecule has 2 heterocycles. The van der Waals surface area contributed by atoms with Gasteiger partial charge in [-0.3, -0.25) is 4.79 Å². The number of amides is 1. The maximum Gasteiger partial charge on any atom is 0.243 e. The molecule has 2 aliphatic heterocycles. The second-order valence-electron chi connectivity index (χ2n) is 7.60. The molecule has 0 aliphatic carbocycles. The van der Waals surface area contributed by atoms with Crippen LogP contribution in [0.4, 0.5) is 14.5 Å². The van der Waals surface area contributed by atoms with Crippen molar-refractivity contribution in [2.75, 3.05) is 24.5 Å². The topological polar surface area (TPSA) is 57.7 Å². The summed E-state index contributed by atoms with van der Waals surface area (Å²) in [6, 6.07) is 8.13. The zero-order chi connectivity index (χ0) is 21.5. The third kappa shape index (κ3) is 3.84. The Hall–Kier alpha value is -2.03. The van der Waals surface area contributed by atoms with E-state index in [4.69, 9.17) is 11.6 Å². The Kier molecular flexibility index (Phi) is 5.83. The minimum absolute atomic E-state index is 0.0781. The van der Waals surface area contributed by atoms with Gasteiger partial charge >= 0.3 is 0 Å². The molecule has 0 spiro atoms. The number of halogens is 3. The number of rotatable bonds is 3. The van der Waals surface area contributed by atoms with Crippen LogP contribution in [0.5, 0.6) is 0 Å². The zero-order valence-corrected chi connectivity index (χ0v) is 17.7. The Morgan fingerprint density at radius 3 is 2.47 bits per heavy atom. The van der Waals surface area contributed by atoms with Crippen LogP contribution >= 0.6 is 11.6 Å². The molecule has 0 aromatic heterocycles. The van der Waals surface area contributed by atoms with Gasteiger partial charge in [0.15, 0.2) is 0 Å². The molecule has 0 bridgehead atoms. The molecule has 2 aromatic rings. The van der Waals surface area contributed by atoms with E-state index in [-0.39, 0.29) is 34.8 Å². The number of hydrogen-bond acceptors (Lipinski definition) is 3. The molecular formula is C21H21ClF2N2O3S. The Morgan fingerprint density at radius 2 is 1.77 bits per heavy atom. The van der Waals surface area contributed by atoms with E-state index in [2.05, 4.69) is 0 Å². The van der Waals surface area contributed by atoms with E-state index in [1.165, 1.54) is 21.3 Å². The fourth-order valence-electron chi connectivity index (χ4n) is 4.17. The molecule has 0 N–H and O–H groups in total. The molecule has 9 heteroatoms. The van der Waals surface area contributed by atoms with Gasteiger partial charge in [-0.1, -0.05) is 23.7 Å². The molecule has 30 heavy (non-hydrogen) atoms. The van der Waals surface area contributed by atoms with Gasteiger partial charge < -0.3 is 4.90 Å². The maximum atomic E-state index is 14.4. The first kappa shape index (κ1) is 21.2. The lowest BCUT2D eigenvalue weighted by Crippen LogP contribution is -2.46. The van der Waals surface area contributed by atoms with Crippen LogP contribution in [0.25, 0.3) is 0 Å². The maximum absolute atomic E-state index is 14.4. The molecule has 1 fully saturated rings. The number of para-hydroxylation sites is 1. The van der Waals surface area contributed by atoms with Crippen LogP contribution < -0.4 is 4.90 Å². The summed E-state index contributed by atoms with van der Waals surface area (Å²) in [5.74, 6) is -1.63. The minimum Gasteiger partial charge on any atom is -0.309 e. The number of piperidine rings is 1. The van der Waals surface area contributed by atoms with Gasteiger partial charge in [-0.25, -0.2) is 17.2 Å². The summed E-state index contributed by atoms with van der Waals surface area (Å²) in [6.07, 6.45) is 2.18. The monoisotopic (exact) mass is 454 g/mol. The van der Waals surface area contributed by atoms with Crippen LogP contribution in [0, 0.1) is 17.6 Å². The Morgan fingerprint density at radius 1 is 1.03 bits per heavy atom. The highest BCUT2D eigenvalue weighted by Gasteiger charge is 2.36. The molecule has 2 aromatic carbocycles. The molecule has 0 atom stereocenters. The first-order valence-corrected chi connectivity index (χ1v) is 11.6. The van der Waals surface area contributed by atoms with Crippen molar-refractivity contribution in [2.24, 2.45) is 5.92 Å². The highest BCUT2D eigenvalue weighted by molar-refractivity contribution is 7.89. The lowest BCUT2D eigenvalue weighted by molar-refractivity contribution is -0.123. The SMILES string of the molecule is O=C(C1CCN(S(=O)(=O)c2ccc(F)c(Cl)c2)CC1)N1CCCc2cccc(F)c21. The van der Waals surface area contributed by atoms with Gasteiger partial charge in [0.25, 0.3) is 0 Å². The summed E-state index contributed by atoms with van der Waals surface area (Å²) in [7, 11) is -3.83. The fourth-order valence-corrected chi connectivity index (χ4v) is 5.92. The number of carbonyl (C=O) groups is 1. The van der Waals surface area contributed by atoms with Crippen LogP contribution in [-0.4, -0.2) is 38.3 Å². The third-order valence-electron chi connectivity index (χ3n) is 5.77. The van der Waals surface area contributed by atoms with E-state index in [1.807, 2.05) is 6.07 Å². The second kappa shape index (κ2) is 8.24. The molecule has 160 valence electrons. The second-order valence-corrected chi connectivity index (χ2v) is 9.94. The molecule has 0 unspecified atom stereocenters. The van der Waals surface area contributed by atoms with E-state index in [0.717, 1.165) is 30.5 Å². The zero-order valence-electron chi connectivity index (χ0n) is 16.2. The van der Waals surface area contributed by atoms with Gasteiger partial charge in [0, 0.05) is 25.6 Å². The van der Waals surface area contributed by atoms with Crippen LogP contribution in [-0.2, 0) is 21.2 Å². The first-order valence-electron chi connectivity index (χ1n) is 9.83. The van der Waals surface area contributed by atoms with E-state index >= 15 is 0 Å². The summed E-state index contributed by atoms with van der Waals surface area (Å²) < 4.78 is 54.7. The van der Waals surface area contributed by atoms with Crippen molar-refractivity contribution in [3.05, 3.63) is 58.6 Å². The van der Waals surface area contributed by atoms with Crippen molar-refractivity contribution in [2.45, 2.75) is 30.6 Å². The van der Waals surface area contributed by atoms with E-state index in [9.17, 15) is 22.0 Å². The van der Waals surface area contributed by atoms with E-state index in [1.54, 1.807) is 6.07 Å². The van der Waals surface area contributed by atoms with Crippen molar-refractivity contribution in [1.29, 1.82) is 0 Å². The summed E-state index contributed by atoms with van der Waals surface area (Å²) in [5, 5.41) is -0.257. The van der Waals surface area contributed by atoms with E-state index < -0.39 is 21.7 Å². The van der Waals surface area contributed by atoms with Crippen LogP contribution in [0.2, 0.25) is 5.02 Å². The number of anilines is 1. The lowest BCUT2D eigenvalue weighted by atomic mass is 9.94. The average molecular weight is 455 g/mol. The fraction of sp³-hybridized carbons (Fsp3) is 0.381. The van der Waals surface area contributed by atoms with Crippen molar-refractivity contribution in [1.82, 2.24) is 4.31 Å². The lowest BCUT2D eigenvalue weighted by Gasteiger charge is -2.36. The third-order valence-corrected chi connectivity index (χ3v) is 7.95. The van der Waals surface area contributed by atoms with Crippen LogP contribution in [0.15, 0.2) is 41.3 Å². The highest BCUT2D eigenvalue weighted by Crippen LogP contribution is 2.33. The number of fused-ring (bicyclic) bond motifs is 1. The van der Waals surface area contributed by atoms with Crippen LogP contribution in [0.1, 0.15) is 24.8 Å². The number of benzene rings is 2. The quantitative estimate of drug-likeness (QED) is 0.704. The van der Waals surface area contributed by atoms with Crippen molar-refractivity contribution in [3.63, 3.8) is 0 Å². The molecule has 1 amide bonds. The van der Waals surface area contributed by atoms with Crippen molar-refractivity contribution >= 4 is 33.2 Å². The largest absolute Gasteiger partial charge is 0.309 e. The Labute approximate surface area is 179 Å². The van der Waals surface area contributed by atoms with E-state index in [0.29, 0.717) is 25.1 Å². The summed E-state index contributed by atoms with van der Waals surface area (Å²) >= 11 is 5.72. The van der Waals surface area contributed by atoms with Gasteiger partial charge in [0.05, 0.1) is 15.6 Å². The van der Waals surface area contributed by atoms with Crippen LogP contribution in [0.3, 0.4) is 0 Å². The Bertz CT molecular complexity index is 1090. The molecular weight excluding hydrogens is 434 g/mol. The van der Waals surface area contributed by atoms with Gasteiger partial charge in [0.2, 0.25) is 15.9 Å². The number of aryl methyl sites for hydroxylation is 1. The standard InChI is InChI=1S/C21H21ClF2N2O3S/c22-17-13-16(6-7-18(17)23)30(28,29)25-11-8-15(9-12-25)21(27)26-10-2-4-14-3-1-5-19(24)20(14)26/h1,3,5-7,13,15H,2,4,8-12H2. The predicted molar refractivity (Wildman–Crippen MR) is 110 cm³/mol. The number of nitrogens with zero attached hydrogens (tertiary/aromatic N) is 2. The number of carbonyl (C=O) groups excluding carboxylic acids is 1. The number of sulfonamides is 1. The first-order chi connectivity index (χ1) is 14.3. The molecule has 4 rings (SSSR count). The minimum atomic E-state index is -3.83. The molecule has 1 saturated heterocycles. The summed E-state index contributed by atoms with van der Waals surface area (Å²) in [4.78, 5) is 14.5. The Balaban J connectivity index is 1.48. The van der Waals surface area contributed by atoms with Crippen molar-refractivity contribution in [3.8, 4) is 0 Å². The van der Waals surface area contributed by atoms with Gasteiger partial charge in [-0.05, 0) is 55.5 Å². The average Bonchev–Trinajstić information content (AvgIpc) is 2.75. The molecule has 0 saturated carbocycles. The smallest absolute Gasteiger partial charge is 0.243 e. The molecule has 0 radical (unpaired) electrons. The predicted octanol–water partition coefficient (Wildman–Crippen LogP) is 4.00. The van der Waals surface area contributed by atoms with Gasteiger partial charge in [-0.15, -0.1) is 0 Å². The number of hydrogen-bond donors (Lipinski definition) is 0. The van der Waals surface area contributed by atoms with Gasteiger partial charge in [0.1, 0.15) is 11.6 Å². The molecule has 5 nitrogen and oxygen atoms in total. The van der Waals surface area contributed by atoms with Gasteiger partial charge in [-0.2, -0.15) is 4.31 Å². The summed E-state index contributed by atoms with van der Waals surface area (Å²) in [6.45, 7) is 0.775. The normalized spacial score (nSPS) is 18.3. The van der Waals surface area contributed by atoms with Crippen molar-refractivity contribution < 1.29 is 22.0 Å².